The zero-order valence-electron chi connectivity index (χ0n) is 19.3. The number of rotatable bonds is 8. The third-order valence-electron chi connectivity index (χ3n) is 6.22. The van der Waals surface area contributed by atoms with Gasteiger partial charge in [0.05, 0.1) is 28.6 Å². The first kappa shape index (κ1) is 24.7. The minimum atomic E-state index is -3.68. The second kappa shape index (κ2) is 10.4. The summed E-state index contributed by atoms with van der Waals surface area (Å²) in [6.07, 6.45) is 5.36. The number of hydrogen-bond acceptors (Lipinski definition) is 7. The van der Waals surface area contributed by atoms with Gasteiger partial charge in [-0.25, -0.2) is 13.9 Å². The second-order valence-corrected chi connectivity index (χ2v) is 10.8. The number of hydrogen-bond donors (Lipinski definition) is 2. The number of likely N-dealkylation sites (tertiary alicyclic amines) is 1. The lowest BCUT2D eigenvalue weighted by Gasteiger charge is -2.17. The first-order chi connectivity index (χ1) is 16.8. The molecule has 0 radical (unpaired) electrons. The van der Waals surface area contributed by atoms with Crippen molar-refractivity contribution in [3.63, 3.8) is 0 Å². The molecule has 1 aliphatic heterocycles. The van der Waals surface area contributed by atoms with Gasteiger partial charge in [0.1, 0.15) is 12.4 Å². The third-order valence-corrected chi connectivity index (χ3v) is 8.08. The van der Waals surface area contributed by atoms with Crippen molar-refractivity contribution in [3.8, 4) is 18.1 Å². The minimum absolute atomic E-state index is 0.147. The number of aryl methyl sites for hydroxylation is 1. The molecule has 182 valence electrons. The van der Waals surface area contributed by atoms with Crippen molar-refractivity contribution in [3.05, 3.63) is 65.9 Å². The Kier molecular flexibility index (Phi) is 7.36. The third kappa shape index (κ3) is 5.62. The predicted molar refractivity (Wildman–Crippen MR) is 131 cm³/mol. The van der Waals surface area contributed by atoms with E-state index in [-0.39, 0.29) is 10.6 Å². The van der Waals surface area contributed by atoms with Crippen molar-refractivity contribution >= 4 is 26.6 Å². The fraction of sp³-hybridized carbons (Fsp3) is 0.308. The van der Waals surface area contributed by atoms with Crippen LogP contribution in [0.4, 0.5) is 0 Å². The van der Waals surface area contributed by atoms with Crippen molar-refractivity contribution in [1.29, 1.82) is 0 Å². The second-order valence-electron chi connectivity index (χ2n) is 8.72. The van der Waals surface area contributed by atoms with E-state index in [4.69, 9.17) is 16.4 Å². The van der Waals surface area contributed by atoms with E-state index in [0.29, 0.717) is 32.0 Å². The summed E-state index contributed by atoms with van der Waals surface area (Å²) < 4.78 is 32.1. The molecular weight excluding hydrogens is 466 g/mol. The Labute approximate surface area is 204 Å². The number of aromatic nitrogens is 1. The van der Waals surface area contributed by atoms with Gasteiger partial charge in [0.15, 0.2) is 9.84 Å². The van der Waals surface area contributed by atoms with E-state index < -0.39 is 27.6 Å². The molecule has 2 heterocycles. The predicted octanol–water partition coefficient (Wildman–Crippen LogP) is 2.58. The normalized spacial score (nSPS) is 18.3. The number of fused-ring (bicyclic) bond motifs is 1. The first-order valence-electron chi connectivity index (χ1n) is 11.2. The van der Waals surface area contributed by atoms with Crippen molar-refractivity contribution in [2.45, 2.75) is 18.4 Å². The van der Waals surface area contributed by atoms with E-state index in [1.165, 1.54) is 12.1 Å². The number of benzene rings is 2. The van der Waals surface area contributed by atoms with Crippen LogP contribution >= 0.6 is 0 Å². The number of para-hydroxylation sites is 1. The van der Waals surface area contributed by atoms with Gasteiger partial charge in [-0.15, -0.1) is 6.42 Å². The number of hydroxylamine groups is 1. The number of carbonyl (C=O) groups excluding carboxylic acids is 1. The quantitative estimate of drug-likeness (QED) is 0.282. The minimum Gasteiger partial charge on any atom is -0.489 e. The Morgan fingerprint density at radius 1 is 1.23 bits per heavy atom. The number of amides is 1. The molecule has 0 saturated carbocycles. The van der Waals surface area contributed by atoms with Crippen LogP contribution in [0.25, 0.3) is 10.9 Å². The van der Waals surface area contributed by atoms with Crippen LogP contribution < -0.4 is 10.2 Å². The summed E-state index contributed by atoms with van der Waals surface area (Å²) in [5.74, 6) is 1.07. The molecule has 2 atom stereocenters. The van der Waals surface area contributed by atoms with E-state index in [0.717, 1.165) is 22.2 Å². The summed E-state index contributed by atoms with van der Waals surface area (Å²) in [6.45, 7) is 3.22. The number of nitrogens with zero attached hydrogens (tertiary/aromatic N) is 2. The zero-order valence-corrected chi connectivity index (χ0v) is 20.2. The SMILES string of the molecule is C#CCN1C[C@H](CS(=O)(=O)c2ccc(OCc3cc(C)nc4ccccc34)cc2)[C@@H](C(=O)NO)C1. The van der Waals surface area contributed by atoms with Crippen LogP contribution in [0.2, 0.25) is 0 Å². The molecule has 0 bridgehead atoms. The Hall–Kier alpha value is -3.45. The van der Waals surface area contributed by atoms with Crippen LogP contribution in [-0.4, -0.2) is 54.8 Å². The van der Waals surface area contributed by atoms with Gasteiger partial charge in [-0.2, -0.15) is 0 Å². The summed E-state index contributed by atoms with van der Waals surface area (Å²) in [7, 11) is -3.68. The molecule has 0 spiro atoms. The highest BCUT2D eigenvalue weighted by Gasteiger charge is 2.40. The number of nitrogens with one attached hydrogen (secondary N) is 1. The average Bonchev–Trinajstić information content (AvgIpc) is 3.23. The fourth-order valence-electron chi connectivity index (χ4n) is 4.56. The summed E-state index contributed by atoms with van der Waals surface area (Å²) >= 11 is 0. The molecule has 3 aromatic rings. The van der Waals surface area contributed by atoms with E-state index in [1.54, 1.807) is 17.6 Å². The Morgan fingerprint density at radius 3 is 2.69 bits per heavy atom. The lowest BCUT2D eigenvalue weighted by molar-refractivity contribution is -0.133. The zero-order chi connectivity index (χ0) is 25.0. The molecule has 1 amide bonds. The molecule has 2 aromatic carbocycles. The smallest absolute Gasteiger partial charge is 0.248 e. The Morgan fingerprint density at radius 2 is 1.97 bits per heavy atom. The molecule has 8 nitrogen and oxygen atoms in total. The molecule has 1 aliphatic rings. The summed E-state index contributed by atoms with van der Waals surface area (Å²) in [5, 5.41) is 10.1. The summed E-state index contributed by atoms with van der Waals surface area (Å²) in [5.41, 5.74) is 4.43. The van der Waals surface area contributed by atoms with Gasteiger partial charge in [-0.3, -0.25) is 19.9 Å². The van der Waals surface area contributed by atoms with E-state index >= 15 is 0 Å². The maximum absolute atomic E-state index is 13.1. The van der Waals surface area contributed by atoms with Gasteiger partial charge in [0.25, 0.3) is 0 Å². The summed E-state index contributed by atoms with van der Waals surface area (Å²) in [6, 6.07) is 16.1. The lowest BCUT2D eigenvalue weighted by Crippen LogP contribution is -2.35. The van der Waals surface area contributed by atoms with Crippen LogP contribution in [-0.2, 0) is 21.2 Å². The van der Waals surface area contributed by atoms with Crippen LogP contribution in [0.5, 0.6) is 5.75 Å². The topological polar surface area (TPSA) is 109 Å². The largest absolute Gasteiger partial charge is 0.489 e. The van der Waals surface area contributed by atoms with Crippen molar-refractivity contribution in [1.82, 2.24) is 15.4 Å². The van der Waals surface area contributed by atoms with Gasteiger partial charge >= 0.3 is 0 Å². The number of pyridine rings is 1. The van der Waals surface area contributed by atoms with E-state index in [9.17, 15) is 13.2 Å². The monoisotopic (exact) mass is 493 g/mol. The molecule has 4 rings (SSSR count). The standard InChI is InChI=1S/C26H27N3O5S/c1-3-12-29-14-20(24(15-29)26(30)28-31)17-35(32,33)22-10-8-21(9-11-22)34-16-19-13-18(2)27-25-7-5-4-6-23(19)25/h1,4-11,13,20,24,31H,12,14-17H2,2H3,(H,28,30)/t20-,24+/m1/s1. The Bertz CT molecular complexity index is 1370. The van der Waals surface area contributed by atoms with Crippen molar-refractivity contribution in [2.24, 2.45) is 11.8 Å². The molecule has 9 heteroatoms. The van der Waals surface area contributed by atoms with Gasteiger partial charge < -0.3 is 4.74 Å². The van der Waals surface area contributed by atoms with Gasteiger partial charge in [0.2, 0.25) is 5.91 Å². The lowest BCUT2D eigenvalue weighted by atomic mass is 9.97. The van der Waals surface area contributed by atoms with E-state index in [2.05, 4.69) is 10.9 Å². The molecule has 1 aromatic heterocycles. The van der Waals surface area contributed by atoms with Crippen molar-refractivity contribution < 1.29 is 23.2 Å². The molecule has 1 fully saturated rings. The van der Waals surface area contributed by atoms with Gasteiger partial charge in [-0.05, 0) is 49.2 Å². The summed E-state index contributed by atoms with van der Waals surface area (Å²) in [4.78, 5) is 18.6. The van der Waals surface area contributed by atoms with Gasteiger partial charge in [0, 0.05) is 29.7 Å². The average molecular weight is 494 g/mol. The number of ether oxygens (including phenoxy) is 1. The van der Waals surface area contributed by atoms with Crippen LogP contribution in [0.15, 0.2) is 59.5 Å². The number of terminal acetylenes is 1. The van der Waals surface area contributed by atoms with Crippen molar-refractivity contribution in [2.75, 3.05) is 25.4 Å². The molecule has 0 unspecified atom stereocenters. The number of sulfone groups is 1. The molecular formula is C26H27N3O5S. The maximum atomic E-state index is 13.1. The molecule has 0 aliphatic carbocycles. The number of carbonyl (C=O) groups is 1. The molecule has 2 N–H and O–H groups in total. The highest BCUT2D eigenvalue weighted by molar-refractivity contribution is 7.91. The molecule has 35 heavy (non-hydrogen) atoms. The van der Waals surface area contributed by atoms with Crippen LogP contribution in [0, 0.1) is 31.1 Å². The highest BCUT2D eigenvalue weighted by Crippen LogP contribution is 2.28. The maximum Gasteiger partial charge on any atom is 0.248 e. The van der Waals surface area contributed by atoms with Crippen LogP contribution in [0.3, 0.4) is 0 Å². The molecule has 1 saturated heterocycles. The van der Waals surface area contributed by atoms with E-state index in [1.807, 2.05) is 42.2 Å². The van der Waals surface area contributed by atoms with Crippen LogP contribution in [0.1, 0.15) is 11.3 Å². The Balaban J connectivity index is 1.45. The fourth-order valence-corrected chi connectivity index (χ4v) is 6.21. The van der Waals surface area contributed by atoms with Gasteiger partial charge in [-0.1, -0.05) is 24.1 Å². The first-order valence-corrected chi connectivity index (χ1v) is 12.9. The highest BCUT2D eigenvalue weighted by atomic mass is 32.2.